The molecule has 39 heteroatoms. The van der Waals surface area contributed by atoms with Gasteiger partial charge in [-0.25, -0.2) is 14.8 Å². The molecule has 13 atom stereocenters. The number of aliphatic hydroxyl groups excluding tert-OH is 1. The third kappa shape index (κ3) is 31.1. The van der Waals surface area contributed by atoms with Gasteiger partial charge in [-0.3, -0.25) is 67.1 Å². The molecule has 1 aliphatic rings. The Balaban J connectivity index is 1.77. The molecule has 3 rings (SSSR count). The topological polar surface area (TPSA) is 600 Å². The van der Waals surface area contributed by atoms with E-state index in [0.29, 0.717) is 49.9 Å². The van der Waals surface area contributed by atoms with E-state index in [9.17, 15) is 82.1 Å². The molecule has 2 aromatic rings. The fraction of sp³-hybridized carbons (Fsp3) is 0.682. The number of H-pyrrole nitrogens is 2. The molecule has 1 fully saturated rings. The second-order valence-electron chi connectivity index (χ2n) is 27.0. The van der Waals surface area contributed by atoms with Gasteiger partial charge in [-0.15, -0.1) is 0 Å². The molecule has 0 unspecified atom stereocenters. The number of nitrogens with two attached hydrogens (primary N) is 3. The number of nitrogens with zero attached hydrogens (tertiary/aromatic N) is 3. The number of carbonyl (C=O) groups excluding carboxylic acids is 13. The zero-order valence-electron chi connectivity index (χ0n) is 60.9. The van der Waals surface area contributed by atoms with Gasteiger partial charge in [-0.1, -0.05) is 61.8 Å². The Morgan fingerprint density at radius 2 is 1.02 bits per heavy atom. The van der Waals surface area contributed by atoms with E-state index in [4.69, 9.17) is 22.3 Å². The summed E-state index contributed by atoms with van der Waals surface area (Å²) in [6.07, 6.45) is 6.89. The van der Waals surface area contributed by atoms with E-state index in [1.54, 1.807) is 55.4 Å². The Kier molecular flexibility index (Phi) is 39.8. The van der Waals surface area contributed by atoms with Gasteiger partial charge >= 0.3 is 11.9 Å². The van der Waals surface area contributed by atoms with E-state index in [2.05, 4.69) is 91.0 Å². The third-order valence-electron chi connectivity index (χ3n) is 17.3. The Labute approximate surface area is 615 Å². The molecule has 0 radical (unpaired) electrons. The van der Waals surface area contributed by atoms with E-state index in [1.807, 2.05) is 5.32 Å². The summed E-state index contributed by atoms with van der Waals surface area (Å²) in [6, 6.07) is -16.0. The molecule has 0 aromatic carbocycles. The summed E-state index contributed by atoms with van der Waals surface area (Å²) in [5, 5.41) is 58.5. The molecule has 588 valence electrons. The van der Waals surface area contributed by atoms with Crippen LogP contribution >= 0.6 is 12.6 Å². The molecule has 105 heavy (non-hydrogen) atoms. The number of amides is 13. The number of aliphatic hydroxyl groups is 1. The van der Waals surface area contributed by atoms with E-state index in [1.165, 1.54) is 29.9 Å². The minimum Gasteiger partial charge on any atom is -0.481 e. The van der Waals surface area contributed by atoms with E-state index >= 15 is 0 Å². The first-order valence-corrected chi connectivity index (χ1v) is 36.0. The van der Waals surface area contributed by atoms with Crippen LogP contribution in [0.5, 0.6) is 0 Å². The van der Waals surface area contributed by atoms with Crippen LogP contribution in [0.4, 0.5) is 0 Å². The van der Waals surface area contributed by atoms with Gasteiger partial charge in [0.25, 0.3) is 0 Å². The van der Waals surface area contributed by atoms with Crippen LogP contribution in [0.25, 0.3) is 0 Å². The van der Waals surface area contributed by atoms with Gasteiger partial charge in [-0.2, -0.15) is 12.6 Å². The van der Waals surface area contributed by atoms with Crippen molar-refractivity contribution < 1.29 is 87.2 Å². The molecule has 0 aliphatic carbocycles. The lowest BCUT2D eigenvalue weighted by Gasteiger charge is -2.32. The molecule has 38 nitrogen and oxygen atoms in total. The average Bonchev–Trinajstić information content (AvgIpc) is 1.73. The Morgan fingerprint density at radius 3 is 1.52 bits per heavy atom. The number of hydrogen-bond acceptors (Lipinski definition) is 22. The molecule has 1 saturated heterocycles. The average molecular weight is 1500 g/mol. The summed E-state index contributed by atoms with van der Waals surface area (Å²) in [7, 11) is 0. The number of thiol groups is 1. The number of carboxylic acid groups (broad SMARTS) is 2. The SMILES string of the molecule is CC[C@H](C)[C@H](NC(=O)[C@H](CCC(=O)O)NC(=O)[C@@H](N)Cc1cnc[nH]1)C(=O)N[C@@H](CCCCN)C(=O)N[C@@H](CCCCN)C(=O)N[C@H](C(=O)N[C@@H](CC(C)C)C(=O)N[C@H](C(=O)N1CCC[C@H]1C(=O)NCC(=O)N[C@@H](CS)C(=O)N[C@@H](Cc1cnc[nH]1)C(=O)NCC(=O)N[C@@H](CO)C(=O)O)C(C)C)C(C)C. The lowest BCUT2D eigenvalue weighted by atomic mass is 9.96. The Morgan fingerprint density at radius 1 is 0.552 bits per heavy atom. The molecular formula is C66H110N20O18S. The maximum Gasteiger partial charge on any atom is 0.328 e. The highest BCUT2D eigenvalue weighted by Gasteiger charge is 2.42. The molecule has 23 N–H and O–H groups in total. The molecule has 13 amide bonds. The maximum absolute atomic E-state index is 14.5. The number of aromatic nitrogens is 4. The lowest BCUT2D eigenvalue weighted by molar-refractivity contribution is -0.143. The van der Waals surface area contributed by atoms with Crippen molar-refractivity contribution in [3.05, 3.63) is 36.4 Å². The predicted molar refractivity (Wildman–Crippen MR) is 382 cm³/mol. The molecule has 1 aliphatic heterocycles. The minimum absolute atomic E-state index is 0.00980. The Hall–Kier alpha value is -9.34. The van der Waals surface area contributed by atoms with Gasteiger partial charge in [-0.05, 0) is 101 Å². The Bertz CT molecular complexity index is 3200. The van der Waals surface area contributed by atoms with Gasteiger partial charge in [0.05, 0.1) is 38.4 Å². The number of aliphatic carboxylic acids is 2. The molecule has 0 saturated carbocycles. The van der Waals surface area contributed by atoms with Crippen LogP contribution in [0.2, 0.25) is 0 Å². The third-order valence-corrected chi connectivity index (χ3v) is 17.7. The quantitative estimate of drug-likeness (QED) is 0.0218. The van der Waals surface area contributed by atoms with Crippen molar-refractivity contribution in [3.8, 4) is 0 Å². The van der Waals surface area contributed by atoms with E-state index < -0.39 is 205 Å². The van der Waals surface area contributed by atoms with Gasteiger partial charge in [0.2, 0.25) is 76.8 Å². The molecule has 0 spiro atoms. The number of imidazole rings is 2. The number of rotatable bonds is 49. The van der Waals surface area contributed by atoms with Gasteiger partial charge < -0.3 is 111 Å². The zero-order valence-corrected chi connectivity index (χ0v) is 61.8. The maximum atomic E-state index is 14.5. The number of likely N-dealkylation sites (tertiary alicyclic amines) is 1. The van der Waals surface area contributed by atoms with Crippen molar-refractivity contribution in [2.75, 3.05) is 45.1 Å². The molecule has 0 bridgehead atoms. The first-order chi connectivity index (χ1) is 49.7. The van der Waals surface area contributed by atoms with Crippen molar-refractivity contribution >= 4 is 101 Å². The van der Waals surface area contributed by atoms with Gasteiger partial charge in [0.15, 0.2) is 0 Å². The zero-order chi connectivity index (χ0) is 78.6. The lowest BCUT2D eigenvalue weighted by Crippen LogP contribution is -2.62. The van der Waals surface area contributed by atoms with Crippen molar-refractivity contribution in [1.29, 1.82) is 0 Å². The fourth-order valence-electron chi connectivity index (χ4n) is 11.1. The van der Waals surface area contributed by atoms with Crippen LogP contribution in [0, 0.1) is 23.7 Å². The number of carboxylic acids is 2. The predicted octanol–water partition coefficient (Wildman–Crippen LogP) is -5.15. The van der Waals surface area contributed by atoms with Gasteiger partial charge in [0, 0.05) is 55.3 Å². The normalized spacial score (nSPS) is 16.2. The first kappa shape index (κ1) is 89.9. The second kappa shape index (κ2) is 46.5. The highest BCUT2D eigenvalue weighted by molar-refractivity contribution is 7.80. The van der Waals surface area contributed by atoms with E-state index in [0.717, 1.165) is 0 Å². The van der Waals surface area contributed by atoms with Crippen LogP contribution < -0.4 is 81.0 Å². The number of nitrogens with one attached hydrogen (secondary N) is 14. The summed E-state index contributed by atoms with van der Waals surface area (Å²) in [5.74, 6) is -15.7. The number of hydrogen-bond donors (Lipinski definition) is 21. The fourth-order valence-corrected chi connectivity index (χ4v) is 11.4. The number of aromatic amines is 2. The second-order valence-corrected chi connectivity index (χ2v) is 27.4. The highest BCUT2D eigenvalue weighted by atomic mass is 32.1. The van der Waals surface area contributed by atoms with Crippen LogP contribution in [0.1, 0.15) is 144 Å². The summed E-state index contributed by atoms with van der Waals surface area (Å²) >= 11 is 4.19. The van der Waals surface area contributed by atoms with Crippen molar-refractivity contribution in [2.45, 2.75) is 218 Å². The van der Waals surface area contributed by atoms with Crippen molar-refractivity contribution in [2.24, 2.45) is 40.9 Å². The number of carbonyl (C=O) groups is 15. The summed E-state index contributed by atoms with van der Waals surface area (Å²) < 4.78 is 0. The summed E-state index contributed by atoms with van der Waals surface area (Å²) in [5.41, 5.74) is 18.7. The first-order valence-electron chi connectivity index (χ1n) is 35.3. The van der Waals surface area contributed by atoms with Crippen LogP contribution in [-0.4, -0.2) is 246 Å². The van der Waals surface area contributed by atoms with Crippen LogP contribution in [-0.2, 0) is 84.8 Å². The monoisotopic (exact) mass is 1500 g/mol. The highest BCUT2D eigenvalue weighted by Crippen LogP contribution is 2.22. The molecular weight excluding hydrogens is 1390 g/mol. The molecule has 3 heterocycles. The van der Waals surface area contributed by atoms with Crippen LogP contribution in [0.3, 0.4) is 0 Å². The largest absolute Gasteiger partial charge is 0.481 e. The van der Waals surface area contributed by atoms with Crippen LogP contribution in [0.15, 0.2) is 25.0 Å². The number of unbranched alkanes of at least 4 members (excludes halogenated alkanes) is 2. The van der Waals surface area contributed by atoms with E-state index in [-0.39, 0.29) is 76.3 Å². The standard InChI is InChI=1S/C66H110N20O18S/c1-9-37(8)54(85-59(96)43(18-19-51(90)91)78-55(92)40(69)24-38-26-70-32-74-38)64(101)80-41(15-10-12-20-67)57(94)79-42(16-11-13-21-68)58(95)83-52(35(4)5)63(100)82-44(23-34(2)3)60(97)84-53(36(6)7)65(102)86-22-14-17-48(86)62(99)73-29-50(89)77-47(31-105)61(98)81-45(25-39-27-71-33-75-39)56(93)72-28-49(88)76-46(30-87)66(103)104/h26-27,32-37,40-48,52-54,87,105H,9-25,28-31,67-69H2,1-8H3,(H,70,74)(H,71,75)(H,72,93)(H,73,99)(H,76,88)(H,77,89)(H,78,92)(H,79,94)(H,80,101)(H,81,98)(H,82,100)(H,83,95)(H,84,97)(H,85,96)(H,90,91)(H,103,104)/t37-,40-,41-,42-,43-,44-,45-,46-,47-,48-,52-,53-,54-/m0/s1. The van der Waals surface area contributed by atoms with Crippen molar-refractivity contribution in [1.82, 2.24) is 88.6 Å². The smallest absolute Gasteiger partial charge is 0.328 e. The van der Waals surface area contributed by atoms with Gasteiger partial charge in [0.1, 0.15) is 66.5 Å². The minimum atomic E-state index is -1.64. The molecule has 2 aromatic heterocycles. The summed E-state index contributed by atoms with van der Waals surface area (Å²) in [4.78, 5) is 218. The van der Waals surface area contributed by atoms with Crippen molar-refractivity contribution in [3.63, 3.8) is 0 Å². The summed E-state index contributed by atoms with van der Waals surface area (Å²) in [6.45, 7) is 11.8.